The summed E-state index contributed by atoms with van der Waals surface area (Å²) in [5.41, 5.74) is 2.32. The van der Waals surface area contributed by atoms with Crippen LogP contribution in [-0.4, -0.2) is 21.0 Å². The summed E-state index contributed by atoms with van der Waals surface area (Å²) in [7, 11) is 0. The normalized spacial score (nSPS) is 10.9. The van der Waals surface area contributed by atoms with Crippen LogP contribution in [0.1, 0.15) is 27.0 Å². The van der Waals surface area contributed by atoms with Crippen molar-refractivity contribution in [2.45, 2.75) is 13.8 Å². The number of H-pyrrole nitrogens is 1. The number of aromatic nitrogens is 1. The second-order valence-electron chi connectivity index (χ2n) is 5.55. The van der Waals surface area contributed by atoms with Crippen molar-refractivity contribution in [1.82, 2.24) is 4.98 Å². The zero-order valence-corrected chi connectivity index (χ0v) is 12.7. The second kappa shape index (κ2) is 5.28. The van der Waals surface area contributed by atoms with E-state index < -0.39 is 11.2 Å². The monoisotopic (exact) mass is 309 g/mol. The van der Waals surface area contributed by atoms with Crippen LogP contribution in [0.15, 0.2) is 41.3 Å². The molecular formula is C18H15NO4. The fraction of sp³-hybridized carbons (Fsp3) is 0.111. The molecule has 0 amide bonds. The fourth-order valence-corrected chi connectivity index (χ4v) is 2.45. The van der Waals surface area contributed by atoms with Crippen molar-refractivity contribution in [1.29, 1.82) is 0 Å². The number of phenols is 2. The number of aryl methyl sites for hydroxylation is 2. The van der Waals surface area contributed by atoms with E-state index in [0.29, 0.717) is 11.1 Å². The van der Waals surface area contributed by atoms with Crippen LogP contribution in [0.4, 0.5) is 0 Å². The quantitative estimate of drug-likeness (QED) is 0.501. The molecule has 0 fully saturated rings. The molecule has 0 aliphatic heterocycles. The Balaban J connectivity index is 2.18. The molecule has 0 bridgehead atoms. The lowest BCUT2D eigenvalue weighted by Crippen LogP contribution is -2.16. The summed E-state index contributed by atoms with van der Waals surface area (Å²) in [6.07, 6.45) is 1.33. The Bertz CT molecular complexity index is 1000. The third-order valence-electron chi connectivity index (χ3n) is 3.99. The van der Waals surface area contributed by atoms with Crippen molar-refractivity contribution in [2.75, 3.05) is 0 Å². The number of phenolic OH excluding ortho intramolecular Hbond substituents is 2. The molecule has 2 aromatic carbocycles. The molecule has 116 valence electrons. The largest absolute Gasteiger partial charge is 0.504 e. The third-order valence-corrected chi connectivity index (χ3v) is 3.99. The van der Waals surface area contributed by atoms with E-state index in [9.17, 15) is 19.8 Å². The summed E-state index contributed by atoms with van der Waals surface area (Å²) in [5, 5.41) is 19.2. The lowest BCUT2D eigenvalue weighted by molar-refractivity contribution is 0.103. The van der Waals surface area contributed by atoms with Gasteiger partial charge in [-0.25, -0.2) is 0 Å². The Hall–Kier alpha value is -3.08. The number of pyridine rings is 1. The number of hydrogen-bond acceptors (Lipinski definition) is 4. The van der Waals surface area contributed by atoms with Gasteiger partial charge in [0.2, 0.25) is 5.43 Å². The highest BCUT2D eigenvalue weighted by Crippen LogP contribution is 2.28. The average Bonchev–Trinajstić information content (AvgIpc) is 2.52. The second-order valence-corrected chi connectivity index (χ2v) is 5.55. The highest BCUT2D eigenvalue weighted by atomic mass is 16.3. The Morgan fingerprint density at radius 2 is 1.70 bits per heavy atom. The lowest BCUT2D eigenvalue weighted by atomic mass is 9.99. The SMILES string of the molecule is Cc1ccc(C(=O)c2c[nH]c3cc(O)c(O)cc3c2=O)cc1C. The van der Waals surface area contributed by atoms with Gasteiger partial charge in [0.15, 0.2) is 17.3 Å². The van der Waals surface area contributed by atoms with Gasteiger partial charge in [0.05, 0.1) is 16.5 Å². The third kappa shape index (κ3) is 2.46. The van der Waals surface area contributed by atoms with Gasteiger partial charge in [-0.1, -0.05) is 12.1 Å². The van der Waals surface area contributed by atoms with Gasteiger partial charge in [0, 0.05) is 17.8 Å². The smallest absolute Gasteiger partial charge is 0.200 e. The Morgan fingerprint density at radius 1 is 1.00 bits per heavy atom. The molecule has 0 radical (unpaired) electrons. The maximum Gasteiger partial charge on any atom is 0.200 e. The Kier molecular flexibility index (Phi) is 3.41. The number of carbonyl (C=O) groups excluding carboxylic acids is 1. The lowest BCUT2D eigenvalue weighted by Gasteiger charge is -2.06. The molecule has 0 saturated carbocycles. The van der Waals surface area contributed by atoms with Crippen molar-refractivity contribution in [3.05, 3.63) is 69.0 Å². The van der Waals surface area contributed by atoms with Crippen LogP contribution >= 0.6 is 0 Å². The van der Waals surface area contributed by atoms with Gasteiger partial charge < -0.3 is 15.2 Å². The highest BCUT2D eigenvalue weighted by molar-refractivity contribution is 6.10. The molecule has 1 aromatic heterocycles. The molecule has 5 nitrogen and oxygen atoms in total. The van der Waals surface area contributed by atoms with Crippen LogP contribution in [-0.2, 0) is 0 Å². The average molecular weight is 309 g/mol. The summed E-state index contributed by atoms with van der Waals surface area (Å²) in [6, 6.07) is 7.66. The van der Waals surface area contributed by atoms with Crippen LogP contribution in [0.2, 0.25) is 0 Å². The summed E-state index contributed by atoms with van der Waals surface area (Å²) >= 11 is 0. The van der Waals surface area contributed by atoms with E-state index >= 15 is 0 Å². The minimum absolute atomic E-state index is 0.00848. The molecular weight excluding hydrogens is 294 g/mol. The predicted molar refractivity (Wildman–Crippen MR) is 87.2 cm³/mol. The molecule has 0 spiro atoms. The molecule has 3 N–H and O–H groups in total. The van der Waals surface area contributed by atoms with Crippen LogP contribution in [0.3, 0.4) is 0 Å². The minimum Gasteiger partial charge on any atom is -0.504 e. The van der Waals surface area contributed by atoms with E-state index in [-0.39, 0.29) is 22.5 Å². The summed E-state index contributed by atoms with van der Waals surface area (Å²) in [6.45, 7) is 3.85. The van der Waals surface area contributed by atoms with Crippen LogP contribution in [0, 0.1) is 13.8 Å². The zero-order valence-electron chi connectivity index (χ0n) is 12.7. The molecule has 0 aliphatic carbocycles. The summed E-state index contributed by atoms with van der Waals surface area (Å²) in [5.74, 6) is -1.12. The van der Waals surface area contributed by atoms with Crippen molar-refractivity contribution < 1.29 is 15.0 Å². The molecule has 0 atom stereocenters. The number of aromatic amines is 1. The molecule has 0 aliphatic rings. The summed E-state index contributed by atoms with van der Waals surface area (Å²) < 4.78 is 0. The van der Waals surface area contributed by atoms with Crippen LogP contribution < -0.4 is 5.43 Å². The van der Waals surface area contributed by atoms with Gasteiger partial charge in [-0.2, -0.15) is 0 Å². The van der Waals surface area contributed by atoms with Crippen LogP contribution in [0.5, 0.6) is 11.5 Å². The van der Waals surface area contributed by atoms with Crippen molar-refractivity contribution in [2.24, 2.45) is 0 Å². The number of rotatable bonds is 2. The highest BCUT2D eigenvalue weighted by Gasteiger charge is 2.16. The molecule has 0 saturated heterocycles. The number of benzene rings is 2. The van der Waals surface area contributed by atoms with Gasteiger partial charge >= 0.3 is 0 Å². The first-order valence-electron chi connectivity index (χ1n) is 7.08. The fourth-order valence-electron chi connectivity index (χ4n) is 2.45. The Labute approximate surface area is 131 Å². The summed E-state index contributed by atoms with van der Waals surface area (Å²) in [4.78, 5) is 27.9. The number of fused-ring (bicyclic) bond motifs is 1. The van der Waals surface area contributed by atoms with Gasteiger partial charge in [0.25, 0.3) is 0 Å². The first-order chi connectivity index (χ1) is 10.9. The topological polar surface area (TPSA) is 90.4 Å². The first kappa shape index (κ1) is 14.8. The maximum absolute atomic E-state index is 12.6. The van der Waals surface area contributed by atoms with E-state index in [0.717, 1.165) is 17.2 Å². The molecule has 0 unspecified atom stereocenters. The number of carbonyl (C=O) groups is 1. The number of nitrogens with one attached hydrogen (secondary N) is 1. The van der Waals surface area contributed by atoms with E-state index in [1.54, 1.807) is 12.1 Å². The van der Waals surface area contributed by atoms with E-state index in [2.05, 4.69) is 4.98 Å². The number of aromatic hydroxyl groups is 2. The zero-order chi connectivity index (χ0) is 16.7. The predicted octanol–water partition coefficient (Wildman–Crippen LogP) is 2.79. The van der Waals surface area contributed by atoms with Crippen molar-refractivity contribution >= 4 is 16.7 Å². The van der Waals surface area contributed by atoms with Gasteiger partial charge in [-0.15, -0.1) is 0 Å². The first-order valence-corrected chi connectivity index (χ1v) is 7.08. The van der Waals surface area contributed by atoms with Crippen molar-refractivity contribution in [3.63, 3.8) is 0 Å². The van der Waals surface area contributed by atoms with E-state index in [4.69, 9.17) is 0 Å². The molecule has 1 heterocycles. The van der Waals surface area contributed by atoms with Gasteiger partial charge in [-0.3, -0.25) is 9.59 Å². The number of hydrogen-bond donors (Lipinski definition) is 3. The van der Waals surface area contributed by atoms with Gasteiger partial charge in [-0.05, 0) is 37.1 Å². The van der Waals surface area contributed by atoms with Crippen molar-refractivity contribution in [3.8, 4) is 11.5 Å². The molecule has 3 aromatic rings. The van der Waals surface area contributed by atoms with E-state index in [1.165, 1.54) is 12.3 Å². The Morgan fingerprint density at radius 3 is 2.39 bits per heavy atom. The molecule has 3 rings (SSSR count). The molecule has 5 heteroatoms. The van der Waals surface area contributed by atoms with E-state index in [1.807, 2.05) is 19.9 Å². The van der Waals surface area contributed by atoms with Crippen LogP contribution in [0.25, 0.3) is 10.9 Å². The standard InChI is InChI=1S/C18H15NO4/c1-9-3-4-11(5-10(9)2)17(22)13-8-19-14-7-16(21)15(20)6-12(14)18(13)23/h3-8,20-21H,1-2H3,(H,19,23). The minimum atomic E-state index is -0.489. The number of ketones is 1. The van der Waals surface area contributed by atoms with Gasteiger partial charge in [0.1, 0.15) is 0 Å². The molecule has 23 heavy (non-hydrogen) atoms. The maximum atomic E-state index is 12.6.